The van der Waals surface area contributed by atoms with Crippen LogP contribution < -0.4 is 38.4 Å². The SMILES string of the molecule is Cc1ccc(C(=O)N(CCCN)C(c2nnc(C)c(=O)n2Cc2ccccc2)C(C)C)cc1.Cc1ccc(C(=O)N(CCCNC(=O)OC(C)(C)C)C(c2nnc(C)c(=O)n2Cc2ccccc2)C(C)C)cc1.Cc1nnc(C(NCCCNC(=O)OC(C)(C)C)C(C)C)n(Cc2ccccc2)c1=O. The summed E-state index contributed by atoms with van der Waals surface area (Å²) in [5.74, 6) is 1.34. The monoisotopic (exact) mass is 1420 g/mol. The number of aromatic nitrogens is 9. The van der Waals surface area contributed by atoms with Crippen LogP contribution in [0.2, 0.25) is 0 Å². The van der Waals surface area contributed by atoms with Crippen molar-refractivity contribution in [3.05, 3.63) is 244 Å². The Hall–Kier alpha value is -10.1. The smallest absolute Gasteiger partial charge is 0.407 e. The molecule has 3 atom stereocenters. The molecule has 8 aromatic rings. The zero-order valence-corrected chi connectivity index (χ0v) is 63.9. The van der Waals surface area contributed by atoms with Crippen molar-refractivity contribution >= 4 is 24.0 Å². The number of ether oxygens (including phenoxy) is 2. The molecule has 24 heteroatoms. The molecule has 0 saturated carbocycles. The van der Waals surface area contributed by atoms with E-state index >= 15 is 0 Å². The van der Waals surface area contributed by atoms with Crippen LogP contribution >= 0.6 is 0 Å². The fourth-order valence-electron chi connectivity index (χ4n) is 11.5. The van der Waals surface area contributed by atoms with E-state index < -0.39 is 35.5 Å². The first-order chi connectivity index (χ1) is 49.3. The third-order valence-electron chi connectivity index (χ3n) is 16.7. The topological polar surface area (TPSA) is 299 Å². The van der Waals surface area contributed by atoms with Crippen molar-refractivity contribution < 1.29 is 28.7 Å². The van der Waals surface area contributed by atoms with Crippen molar-refractivity contribution in [2.75, 3.05) is 39.3 Å². The van der Waals surface area contributed by atoms with Gasteiger partial charge in [0.25, 0.3) is 28.5 Å². The van der Waals surface area contributed by atoms with Crippen LogP contribution in [0.4, 0.5) is 9.59 Å². The van der Waals surface area contributed by atoms with Crippen LogP contribution in [0.5, 0.6) is 0 Å². The highest BCUT2D eigenvalue weighted by atomic mass is 16.6. The normalized spacial score (nSPS) is 12.3. The number of nitrogens with two attached hydrogens (primary N) is 1. The number of nitrogens with zero attached hydrogens (tertiary/aromatic N) is 11. The lowest BCUT2D eigenvalue weighted by atomic mass is 9.99. The van der Waals surface area contributed by atoms with Crippen LogP contribution in [0, 0.1) is 52.4 Å². The van der Waals surface area contributed by atoms with Gasteiger partial charge in [-0.15, -0.1) is 30.6 Å². The van der Waals surface area contributed by atoms with Crippen LogP contribution in [0.1, 0.15) is 204 Å². The average Bonchev–Trinajstić information content (AvgIpc) is 0.794. The molecule has 0 fully saturated rings. The maximum absolute atomic E-state index is 14.0. The summed E-state index contributed by atoms with van der Waals surface area (Å²) in [4.78, 5) is 94.5. The highest BCUT2D eigenvalue weighted by Crippen LogP contribution is 2.31. The van der Waals surface area contributed by atoms with Gasteiger partial charge in [-0.05, 0) is 167 Å². The van der Waals surface area contributed by atoms with Gasteiger partial charge in [0.05, 0.1) is 37.8 Å². The van der Waals surface area contributed by atoms with Gasteiger partial charge in [0.1, 0.15) is 28.3 Å². The zero-order valence-electron chi connectivity index (χ0n) is 63.9. The number of hydrogen-bond donors (Lipinski definition) is 4. The number of carbonyl (C=O) groups is 4. The second kappa shape index (κ2) is 39.5. The van der Waals surface area contributed by atoms with E-state index in [1.807, 2.05) is 190 Å². The quantitative estimate of drug-likeness (QED) is 0.0331. The Morgan fingerprint density at radius 1 is 0.433 bits per heavy atom. The molecule has 5 N–H and O–H groups in total. The van der Waals surface area contributed by atoms with E-state index in [1.54, 1.807) is 77.2 Å². The molecule has 24 nitrogen and oxygen atoms in total. The first-order valence-corrected chi connectivity index (χ1v) is 35.8. The standard InChI is InChI=1S/C31H41N5O4.C26H33N5O2.C23H35N5O3/c1-21(2)26(27-34-33-23(4)28(37)36(27)20-24-12-9-8-10-13-24)35(29(38)25-16-14-22(3)15-17-25)19-11-18-32-30(39)40-31(5,6)7;1-18(2)23(30(16-8-15-27)26(33)22-13-11-19(3)12-14-22)24-29-28-20(4)25(32)31(24)17-21-9-6-5-7-10-21;1-16(2)19(24-13-10-14-25-22(30)31-23(4,5)6)20-27-26-17(3)21(29)28(20)15-18-11-8-7-9-12-18/h8-10,12-17,21,26H,11,18-20H2,1-7H3,(H,32,39);5-7,9-14,18,23H,8,15-17,27H2,1-4H3;7-9,11-12,16,19,24H,10,13-15H2,1-6H3,(H,25,30). The average molecular weight is 1420 g/mol. The van der Waals surface area contributed by atoms with E-state index in [2.05, 4.69) is 60.4 Å². The van der Waals surface area contributed by atoms with Crippen molar-refractivity contribution in [3.8, 4) is 0 Å². The predicted octanol–water partition coefficient (Wildman–Crippen LogP) is 11.7. The van der Waals surface area contributed by atoms with Crippen molar-refractivity contribution in [1.29, 1.82) is 0 Å². The molecule has 3 unspecified atom stereocenters. The highest BCUT2D eigenvalue weighted by molar-refractivity contribution is 5.95. The molecule has 0 spiro atoms. The minimum absolute atomic E-state index is 0.00407. The molecule has 4 amide bonds. The Labute approximate surface area is 612 Å². The van der Waals surface area contributed by atoms with Crippen LogP contribution in [-0.4, -0.2) is 129 Å². The fourth-order valence-corrected chi connectivity index (χ4v) is 11.5. The summed E-state index contributed by atoms with van der Waals surface area (Å²) >= 11 is 0. The highest BCUT2D eigenvalue weighted by Gasteiger charge is 2.35. The number of nitrogens with one attached hydrogen (secondary N) is 3. The van der Waals surface area contributed by atoms with Gasteiger partial charge in [-0.25, -0.2) is 9.59 Å². The lowest BCUT2D eigenvalue weighted by Crippen LogP contribution is -2.43. The number of aryl methyl sites for hydroxylation is 5. The van der Waals surface area contributed by atoms with E-state index in [4.69, 9.17) is 15.2 Å². The molecule has 3 aromatic heterocycles. The van der Waals surface area contributed by atoms with Crippen molar-refractivity contribution in [1.82, 2.24) is 70.0 Å². The molecule has 0 bridgehead atoms. The number of carbonyl (C=O) groups excluding carboxylic acids is 4. The largest absolute Gasteiger partial charge is 0.444 e. The van der Waals surface area contributed by atoms with E-state index in [0.29, 0.717) is 124 Å². The van der Waals surface area contributed by atoms with Crippen LogP contribution in [0.25, 0.3) is 0 Å². The lowest BCUT2D eigenvalue weighted by Gasteiger charge is -2.35. The minimum Gasteiger partial charge on any atom is -0.444 e. The Kier molecular flexibility index (Phi) is 31.5. The number of hydrogen-bond acceptors (Lipinski definition) is 17. The molecule has 5 aromatic carbocycles. The summed E-state index contributed by atoms with van der Waals surface area (Å²) in [6, 6.07) is 43.1. The molecule has 0 aliphatic carbocycles. The van der Waals surface area contributed by atoms with E-state index in [-0.39, 0.29) is 52.3 Å². The van der Waals surface area contributed by atoms with Gasteiger partial charge in [-0.3, -0.25) is 37.7 Å². The molecule has 0 radical (unpaired) electrons. The van der Waals surface area contributed by atoms with Gasteiger partial charge in [-0.2, -0.15) is 0 Å². The maximum Gasteiger partial charge on any atom is 0.407 e. The molecular formula is C80H109N15O9. The number of rotatable bonds is 28. The molecular weight excluding hydrogens is 1310 g/mol. The van der Waals surface area contributed by atoms with E-state index in [9.17, 15) is 33.6 Å². The molecule has 3 heterocycles. The molecule has 0 aliphatic heterocycles. The minimum atomic E-state index is -0.604. The van der Waals surface area contributed by atoms with Gasteiger partial charge >= 0.3 is 12.2 Å². The van der Waals surface area contributed by atoms with Crippen LogP contribution in [0.3, 0.4) is 0 Å². The molecule has 104 heavy (non-hydrogen) atoms. The van der Waals surface area contributed by atoms with Crippen molar-refractivity contribution in [2.24, 2.45) is 23.5 Å². The summed E-state index contributed by atoms with van der Waals surface area (Å²) < 4.78 is 15.6. The predicted molar refractivity (Wildman–Crippen MR) is 406 cm³/mol. The van der Waals surface area contributed by atoms with E-state index in [1.165, 1.54) is 0 Å². The number of alkyl carbamates (subject to hydrolysis) is 2. The summed E-state index contributed by atoms with van der Waals surface area (Å²) in [6.07, 6.45) is 0.898. The first kappa shape index (κ1) is 82.9. The Morgan fingerprint density at radius 2 is 0.760 bits per heavy atom. The van der Waals surface area contributed by atoms with Crippen LogP contribution in [-0.2, 0) is 29.1 Å². The zero-order chi connectivity index (χ0) is 76.4. The van der Waals surface area contributed by atoms with Crippen molar-refractivity contribution in [3.63, 3.8) is 0 Å². The summed E-state index contributed by atoms with van der Waals surface area (Å²) in [7, 11) is 0. The van der Waals surface area contributed by atoms with Gasteiger partial charge in [0.2, 0.25) is 0 Å². The molecule has 558 valence electrons. The Bertz CT molecular complexity index is 4230. The Balaban J connectivity index is 0.000000247. The number of benzene rings is 5. The molecule has 0 saturated heterocycles. The number of amides is 4. The fraction of sp³-hybridized carbons (Fsp3) is 0.463. The second-order valence-electron chi connectivity index (χ2n) is 29.1. The van der Waals surface area contributed by atoms with Gasteiger partial charge in [-0.1, -0.05) is 168 Å². The van der Waals surface area contributed by atoms with Gasteiger partial charge in [0.15, 0.2) is 17.5 Å². The lowest BCUT2D eigenvalue weighted by molar-refractivity contribution is 0.0509. The van der Waals surface area contributed by atoms with Gasteiger partial charge in [0, 0.05) is 37.3 Å². The maximum atomic E-state index is 14.0. The second-order valence-corrected chi connectivity index (χ2v) is 29.1. The molecule has 8 rings (SSSR count). The third kappa shape index (κ3) is 25.1. The van der Waals surface area contributed by atoms with Crippen molar-refractivity contribution in [2.45, 2.75) is 186 Å². The van der Waals surface area contributed by atoms with Gasteiger partial charge < -0.3 is 41.0 Å². The molecule has 0 aliphatic rings. The summed E-state index contributed by atoms with van der Waals surface area (Å²) in [5, 5.41) is 34.7. The Morgan fingerprint density at radius 3 is 1.09 bits per heavy atom. The summed E-state index contributed by atoms with van der Waals surface area (Å²) in [5.41, 5.74) is 11.3. The van der Waals surface area contributed by atoms with E-state index in [0.717, 1.165) is 27.8 Å². The summed E-state index contributed by atoms with van der Waals surface area (Å²) in [6.45, 7) is 35.9. The first-order valence-electron chi connectivity index (χ1n) is 35.8. The third-order valence-corrected chi connectivity index (χ3v) is 16.7. The van der Waals surface area contributed by atoms with Crippen LogP contribution in [0.15, 0.2) is 154 Å².